The topological polar surface area (TPSA) is 239 Å². The van der Waals surface area contributed by atoms with Crippen molar-refractivity contribution in [1.82, 2.24) is 0 Å². The summed E-state index contributed by atoms with van der Waals surface area (Å²) in [5.74, 6) is 0.156. The molecule has 0 amide bonds. The Balaban J connectivity index is 1.36. The molecule has 2 aromatic rings. The predicted molar refractivity (Wildman–Crippen MR) is 320 cm³/mol. The Kier molecular flexibility index (Phi) is 37.8. The van der Waals surface area contributed by atoms with Crippen molar-refractivity contribution in [2.24, 2.45) is 0 Å². The lowest BCUT2D eigenvalue weighted by atomic mass is 9.98. The maximum Gasteiger partial charge on any atom is 0.338 e. The predicted octanol–water partition coefficient (Wildman–Crippen LogP) is 12.4. The van der Waals surface area contributed by atoms with E-state index < -0.39 is 86.6 Å². The minimum absolute atomic E-state index is 0.124. The molecule has 0 bridgehead atoms. The van der Waals surface area contributed by atoms with Gasteiger partial charge in [-0.25, -0.2) is 9.59 Å². The van der Waals surface area contributed by atoms with Gasteiger partial charge < -0.3 is 73.3 Å². The first-order chi connectivity index (χ1) is 40.4. The van der Waals surface area contributed by atoms with Crippen molar-refractivity contribution in [3.8, 4) is 23.0 Å². The van der Waals surface area contributed by atoms with Gasteiger partial charge in [-0.15, -0.1) is 0 Å². The summed E-state index contributed by atoms with van der Waals surface area (Å²) in [4.78, 5) is 27.4. The molecule has 0 saturated carbocycles. The van der Waals surface area contributed by atoms with Crippen molar-refractivity contribution in [3.05, 3.63) is 47.5 Å². The van der Waals surface area contributed by atoms with Gasteiger partial charge >= 0.3 is 11.9 Å². The lowest BCUT2D eigenvalue weighted by Crippen LogP contribution is -2.64. The first kappa shape index (κ1) is 71.7. The van der Waals surface area contributed by atoms with Gasteiger partial charge in [-0.1, -0.05) is 207 Å². The van der Waals surface area contributed by atoms with Gasteiger partial charge in [0.1, 0.15) is 85.0 Å². The molecule has 83 heavy (non-hydrogen) atoms. The minimum Gasteiger partial charge on any atom is -0.493 e. The highest BCUT2D eigenvalue weighted by Gasteiger charge is 2.50. The molecule has 10 atom stereocenters. The molecule has 0 radical (unpaired) electrons. The first-order valence-electron chi connectivity index (χ1n) is 32.6. The summed E-state index contributed by atoms with van der Waals surface area (Å²) in [6.07, 6.45) is 18.9. The maximum atomic E-state index is 13.7. The van der Waals surface area contributed by atoms with Gasteiger partial charge in [0.15, 0.2) is 12.6 Å². The average Bonchev–Trinajstić information content (AvgIpc) is 3.65. The molecular weight excluding hydrogens is 1060 g/mol. The van der Waals surface area contributed by atoms with Gasteiger partial charge in [0.05, 0.1) is 37.6 Å². The van der Waals surface area contributed by atoms with Crippen LogP contribution in [0.2, 0.25) is 0 Å². The van der Waals surface area contributed by atoms with Gasteiger partial charge in [-0.2, -0.15) is 0 Å². The monoisotopic (exact) mass is 1170 g/mol. The van der Waals surface area contributed by atoms with Crippen LogP contribution in [0.4, 0.5) is 0 Å². The molecule has 2 aliphatic rings. The summed E-state index contributed by atoms with van der Waals surface area (Å²) in [6.45, 7) is 9.44. The summed E-state index contributed by atoms with van der Waals surface area (Å²) < 4.78 is 53.2. The normalized spacial score (nSPS) is 22.5. The van der Waals surface area contributed by atoms with Crippen LogP contribution >= 0.6 is 0 Å². The van der Waals surface area contributed by atoms with Crippen molar-refractivity contribution in [1.29, 1.82) is 0 Å². The fourth-order valence-corrected chi connectivity index (χ4v) is 10.4. The average molecular weight is 1180 g/mol. The van der Waals surface area contributed by atoms with Gasteiger partial charge in [0, 0.05) is 12.1 Å². The zero-order valence-electron chi connectivity index (χ0n) is 51.3. The SMILES string of the molecule is CCCCCCCCCCOc1cc(OCCCCCCCCCC)cc(C(=O)OCC2O[C@@H](O[C@H]3O[C@H](COC(=O)c4cc(OCCCCCCCCCC)cc(OCCCCCCCCCC)c4)C(O)C(O)C3O)C(O)C(O)[C@@H]2O)c1. The second-order valence-electron chi connectivity index (χ2n) is 23.0. The lowest BCUT2D eigenvalue weighted by molar-refractivity contribution is -0.376. The second kappa shape index (κ2) is 43.8. The highest BCUT2D eigenvalue weighted by molar-refractivity contribution is 5.91. The van der Waals surface area contributed by atoms with E-state index in [1.54, 1.807) is 36.4 Å². The number of hydrogen-bond acceptors (Lipinski definition) is 17. The fourth-order valence-electron chi connectivity index (χ4n) is 10.4. The summed E-state index contributed by atoms with van der Waals surface area (Å²) in [6, 6.07) is 9.75. The first-order valence-corrected chi connectivity index (χ1v) is 32.6. The van der Waals surface area contributed by atoms with Crippen LogP contribution in [0.15, 0.2) is 36.4 Å². The molecular formula is C66H110O17. The van der Waals surface area contributed by atoms with Gasteiger partial charge in [0.2, 0.25) is 0 Å². The van der Waals surface area contributed by atoms with E-state index in [9.17, 15) is 40.2 Å². The molecule has 2 saturated heterocycles. The van der Waals surface area contributed by atoms with E-state index in [0.29, 0.717) is 49.4 Å². The number of carbonyl (C=O) groups excluding carboxylic acids is 2. The Hall–Kier alpha value is -3.78. The summed E-state index contributed by atoms with van der Waals surface area (Å²) >= 11 is 0. The highest BCUT2D eigenvalue weighted by Crippen LogP contribution is 2.31. The molecule has 2 heterocycles. The highest BCUT2D eigenvalue weighted by atomic mass is 16.8. The van der Waals surface area contributed by atoms with Crippen LogP contribution in [0.25, 0.3) is 0 Å². The van der Waals surface area contributed by atoms with Crippen LogP contribution < -0.4 is 18.9 Å². The Morgan fingerprint density at radius 2 is 0.578 bits per heavy atom. The Labute approximate surface area is 497 Å². The van der Waals surface area contributed by atoms with Crippen molar-refractivity contribution < 1.29 is 82.9 Å². The molecule has 6 unspecified atom stereocenters. The third-order valence-electron chi connectivity index (χ3n) is 15.7. The number of aliphatic hydroxyl groups is 6. The molecule has 2 aromatic carbocycles. The third-order valence-corrected chi connectivity index (χ3v) is 15.7. The van der Waals surface area contributed by atoms with Crippen molar-refractivity contribution >= 4 is 11.9 Å². The van der Waals surface area contributed by atoms with Gasteiger partial charge in [0.25, 0.3) is 0 Å². The van der Waals surface area contributed by atoms with Crippen LogP contribution in [0.5, 0.6) is 23.0 Å². The molecule has 17 heteroatoms. The molecule has 17 nitrogen and oxygen atoms in total. The Morgan fingerprint density at radius 3 is 0.831 bits per heavy atom. The second-order valence-corrected chi connectivity index (χ2v) is 23.0. The van der Waals surface area contributed by atoms with Gasteiger partial charge in [-0.05, 0) is 49.9 Å². The summed E-state index contributed by atoms with van der Waals surface area (Å²) in [7, 11) is 0. The molecule has 4 rings (SSSR count). The Morgan fingerprint density at radius 1 is 0.337 bits per heavy atom. The summed E-state index contributed by atoms with van der Waals surface area (Å²) in [5.41, 5.74) is 0.248. The maximum absolute atomic E-state index is 13.7. The number of unbranched alkanes of at least 4 members (excludes halogenated alkanes) is 28. The van der Waals surface area contributed by atoms with E-state index in [1.807, 2.05) is 0 Å². The third kappa shape index (κ3) is 28.5. The number of hydrogen-bond donors (Lipinski definition) is 6. The number of aliphatic hydroxyl groups excluding tert-OH is 6. The van der Waals surface area contributed by atoms with Crippen LogP contribution in [0, 0.1) is 0 Å². The fraction of sp³-hybridized carbons (Fsp3) is 0.788. The summed E-state index contributed by atoms with van der Waals surface area (Å²) in [5, 5.41) is 66.1. The van der Waals surface area contributed by atoms with Crippen molar-refractivity contribution in [3.63, 3.8) is 0 Å². The number of benzene rings is 2. The number of esters is 2. The molecule has 476 valence electrons. The van der Waals surface area contributed by atoms with Crippen LogP contribution in [0.3, 0.4) is 0 Å². The van der Waals surface area contributed by atoms with E-state index in [0.717, 1.165) is 77.0 Å². The van der Waals surface area contributed by atoms with E-state index in [-0.39, 0.29) is 11.1 Å². The minimum atomic E-state index is -1.92. The van der Waals surface area contributed by atoms with Crippen molar-refractivity contribution in [2.45, 2.75) is 295 Å². The van der Waals surface area contributed by atoms with Crippen LogP contribution in [-0.4, -0.2) is 144 Å². The molecule has 0 aromatic heterocycles. The molecule has 2 fully saturated rings. The molecule has 0 aliphatic carbocycles. The quantitative estimate of drug-likeness (QED) is 0.0267. The lowest BCUT2D eigenvalue weighted by Gasteiger charge is -2.44. The zero-order valence-corrected chi connectivity index (χ0v) is 51.3. The van der Waals surface area contributed by atoms with Crippen LogP contribution in [0.1, 0.15) is 254 Å². The largest absolute Gasteiger partial charge is 0.493 e. The number of carbonyl (C=O) groups is 2. The van der Waals surface area contributed by atoms with E-state index >= 15 is 0 Å². The van der Waals surface area contributed by atoms with Crippen LogP contribution in [-0.2, 0) is 23.7 Å². The molecule has 6 N–H and O–H groups in total. The zero-order chi connectivity index (χ0) is 59.9. The van der Waals surface area contributed by atoms with E-state index in [2.05, 4.69) is 27.7 Å². The van der Waals surface area contributed by atoms with E-state index in [1.165, 1.54) is 128 Å². The smallest absolute Gasteiger partial charge is 0.338 e. The molecule has 0 spiro atoms. The molecule has 2 aliphatic heterocycles. The van der Waals surface area contributed by atoms with E-state index in [4.69, 9.17) is 42.6 Å². The standard InChI is InChI=1S/C66H110O17/c1-5-9-13-17-21-25-29-33-37-75-51-41-49(42-52(45-51)76-38-34-30-26-22-18-14-10-6-2)63(73)79-47-55-57(67)59(69)61(71)65(81-55)83-66-62(72)60(70)58(68)56(82-66)48-80-64(74)50-43-53(77-39-35-31-27-23-19-15-11-7-3)46-54(44-50)78-40-36-32-28-24-20-16-12-8-4/h41-46,55-62,65-72H,5-40,47-48H2,1-4H3/t55-,56?,57?,58-,59?,60?,61?,62?,65-,66+/m1/s1. The number of rotatable bonds is 48. The Bertz CT molecular complexity index is 1770. The van der Waals surface area contributed by atoms with Gasteiger partial charge in [-0.3, -0.25) is 0 Å². The van der Waals surface area contributed by atoms with Crippen molar-refractivity contribution in [2.75, 3.05) is 39.6 Å². The number of ether oxygens (including phenoxy) is 9.